The van der Waals surface area contributed by atoms with Crippen LogP contribution in [0.25, 0.3) is 6.08 Å². The molecule has 0 bridgehead atoms. The molecular weight excluding hydrogens is 516 g/mol. The molecule has 0 spiro atoms. The second kappa shape index (κ2) is 8.46. The van der Waals surface area contributed by atoms with E-state index in [0.717, 1.165) is 21.1 Å². The Hall–Kier alpha value is -2.17. The molecule has 2 amide bonds. The van der Waals surface area contributed by atoms with Crippen molar-refractivity contribution in [1.29, 1.82) is 0 Å². The summed E-state index contributed by atoms with van der Waals surface area (Å²) >= 11 is 7.56. The maximum absolute atomic E-state index is 12.8. The van der Waals surface area contributed by atoms with E-state index < -0.39 is 16.1 Å². The fourth-order valence-electron chi connectivity index (χ4n) is 2.67. The molecule has 2 aromatic rings. The van der Waals surface area contributed by atoms with Crippen molar-refractivity contribution in [3.05, 3.63) is 71.5 Å². The van der Waals surface area contributed by atoms with Crippen LogP contribution in [-0.2, 0) is 11.3 Å². The van der Waals surface area contributed by atoms with Gasteiger partial charge in [-0.05, 0) is 45.9 Å². The van der Waals surface area contributed by atoms with Gasteiger partial charge in [-0.2, -0.15) is 0 Å². The van der Waals surface area contributed by atoms with Crippen molar-refractivity contribution in [3.8, 4) is 5.75 Å². The highest BCUT2D eigenvalue weighted by atomic mass is 79.9. The first-order valence-corrected chi connectivity index (χ1v) is 10.2. The monoisotopic (exact) mass is 526 g/mol. The summed E-state index contributed by atoms with van der Waals surface area (Å²) in [6.45, 7) is -0.168. The van der Waals surface area contributed by atoms with Crippen LogP contribution < -0.4 is 4.74 Å². The van der Waals surface area contributed by atoms with Gasteiger partial charge in [0.15, 0.2) is 0 Å². The van der Waals surface area contributed by atoms with Gasteiger partial charge in [0.1, 0.15) is 5.75 Å². The fourth-order valence-corrected chi connectivity index (χ4v) is 4.92. The number of nitro groups is 1. The Morgan fingerprint density at radius 1 is 1.25 bits per heavy atom. The molecule has 0 atom stereocenters. The Kier molecular flexibility index (Phi) is 6.21. The van der Waals surface area contributed by atoms with Gasteiger partial charge in [-0.3, -0.25) is 24.6 Å². The van der Waals surface area contributed by atoms with E-state index >= 15 is 0 Å². The molecule has 1 aliphatic heterocycles. The van der Waals surface area contributed by atoms with E-state index in [9.17, 15) is 19.7 Å². The topological polar surface area (TPSA) is 89.8 Å². The molecule has 0 saturated carbocycles. The van der Waals surface area contributed by atoms with E-state index in [2.05, 4.69) is 31.9 Å². The number of rotatable bonds is 5. The average Bonchev–Trinajstić information content (AvgIpc) is 2.89. The molecule has 1 aliphatic rings. The number of halogens is 2. The summed E-state index contributed by atoms with van der Waals surface area (Å²) in [4.78, 5) is 37.0. The molecule has 0 N–H and O–H groups in total. The Balaban J connectivity index is 1.93. The highest BCUT2D eigenvalue weighted by Gasteiger charge is 2.36. The van der Waals surface area contributed by atoms with Crippen molar-refractivity contribution in [1.82, 2.24) is 4.90 Å². The van der Waals surface area contributed by atoms with Crippen LogP contribution in [-0.4, -0.2) is 28.1 Å². The van der Waals surface area contributed by atoms with Gasteiger partial charge in [-0.15, -0.1) is 0 Å². The molecule has 1 fully saturated rings. The van der Waals surface area contributed by atoms with Gasteiger partial charge in [0, 0.05) is 21.7 Å². The second-order valence-corrected chi connectivity index (χ2v) is 8.43. The quantitative estimate of drug-likeness (QED) is 0.295. The van der Waals surface area contributed by atoms with Gasteiger partial charge in [-0.1, -0.05) is 34.1 Å². The Labute approximate surface area is 181 Å². The van der Waals surface area contributed by atoms with Crippen LogP contribution >= 0.6 is 43.6 Å². The number of para-hydroxylation sites is 1. The van der Waals surface area contributed by atoms with Gasteiger partial charge in [-0.25, -0.2) is 0 Å². The van der Waals surface area contributed by atoms with Gasteiger partial charge in [0.05, 0.1) is 28.0 Å². The number of methoxy groups -OCH3 is 1. The fraction of sp³-hybridized carbons (Fsp3) is 0.111. The molecule has 0 radical (unpaired) electrons. The van der Waals surface area contributed by atoms with Gasteiger partial charge >= 0.3 is 0 Å². The predicted octanol–water partition coefficient (Wildman–Crippen LogP) is 5.36. The molecule has 1 saturated heterocycles. The minimum atomic E-state index is -0.534. The lowest BCUT2D eigenvalue weighted by Gasteiger charge is -2.12. The molecular formula is C18H12Br2N2O5S. The van der Waals surface area contributed by atoms with Crippen LogP contribution in [0.3, 0.4) is 0 Å². The number of amides is 2. The summed E-state index contributed by atoms with van der Waals surface area (Å²) in [5.41, 5.74) is 0.766. The number of carbonyl (C=O) groups is 2. The highest BCUT2D eigenvalue weighted by molar-refractivity contribution is 9.11. The van der Waals surface area contributed by atoms with Crippen LogP contribution in [0.5, 0.6) is 5.75 Å². The molecule has 144 valence electrons. The van der Waals surface area contributed by atoms with Crippen molar-refractivity contribution in [2.24, 2.45) is 0 Å². The summed E-state index contributed by atoms with van der Waals surface area (Å²) in [5, 5.41) is 10.7. The van der Waals surface area contributed by atoms with Crippen molar-refractivity contribution >= 4 is 66.5 Å². The number of thioether (sulfide) groups is 1. The number of benzene rings is 2. The summed E-state index contributed by atoms with van der Waals surface area (Å²) < 4.78 is 6.82. The number of ether oxygens (including phenoxy) is 1. The molecule has 0 aromatic heterocycles. The zero-order valence-electron chi connectivity index (χ0n) is 14.3. The van der Waals surface area contributed by atoms with Gasteiger partial charge < -0.3 is 4.74 Å². The first-order valence-electron chi connectivity index (χ1n) is 7.82. The normalized spacial score (nSPS) is 15.4. The lowest BCUT2D eigenvalue weighted by Crippen LogP contribution is -2.27. The van der Waals surface area contributed by atoms with Crippen LogP contribution in [0, 0.1) is 10.1 Å². The summed E-state index contributed by atoms with van der Waals surface area (Å²) in [7, 11) is 1.51. The van der Waals surface area contributed by atoms with Crippen LogP contribution in [0.1, 0.15) is 11.1 Å². The minimum Gasteiger partial charge on any atom is -0.495 e. The molecule has 10 heteroatoms. The number of hydrogen-bond donors (Lipinski definition) is 0. The van der Waals surface area contributed by atoms with Crippen LogP contribution in [0.4, 0.5) is 10.5 Å². The third-order valence-corrected chi connectivity index (χ3v) is 5.87. The van der Waals surface area contributed by atoms with Crippen LogP contribution in [0.15, 0.2) is 50.2 Å². The van der Waals surface area contributed by atoms with E-state index in [0.29, 0.717) is 21.3 Å². The summed E-state index contributed by atoms with van der Waals surface area (Å²) in [5.74, 6) is 0.0139. The van der Waals surface area contributed by atoms with Gasteiger partial charge in [0.25, 0.3) is 16.8 Å². The SMILES string of the molecule is COc1c(Br)cc(Br)cc1/C=C1/SC(=O)N(Cc2ccccc2[N+](=O)[O-])C1=O. The van der Waals surface area contributed by atoms with Gasteiger partial charge in [0.2, 0.25) is 0 Å². The number of carbonyl (C=O) groups excluding carboxylic acids is 2. The maximum Gasteiger partial charge on any atom is 0.293 e. The standard InChI is InChI=1S/C18H12Br2N2O5S/c1-27-16-11(6-12(19)8-13(16)20)7-15-17(23)21(18(24)28-15)9-10-4-2-3-5-14(10)22(25)26/h2-8H,9H2,1H3/b15-7+. The molecule has 28 heavy (non-hydrogen) atoms. The predicted molar refractivity (Wildman–Crippen MR) is 113 cm³/mol. The Bertz CT molecular complexity index is 1030. The second-order valence-electron chi connectivity index (χ2n) is 5.66. The number of nitro benzene ring substituents is 1. The number of hydrogen-bond acceptors (Lipinski definition) is 6. The first-order chi connectivity index (χ1) is 13.3. The van der Waals surface area contributed by atoms with E-state index in [-0.39, 0.29) is 17.1 Å². The van der Waals surface area contributed by atoms with Crippen LogP contribution in [0.2, 0.25) is 0 Å². The van der Waals surface area contributed by atoms with E-state index in [4.69, 9.17) is 4.74 Å². The van der Waals surface area contributed by atoms with E-state index in [1.165, 1.54) is 25.3 Å². The van der Waals surface area contributed by atoms with Crippen molar-refractivity contribution < 1.29 is 19.2 Å². The molecule has 7 nitrogen and oxygen atoms in total. The number of nitrogens with zero attached hydrogens (tertiary/aromatic N) is 2. The molecule has 1 heterocycles. The highest BCUT2D eigenvalue weighted by Crippen LogP contribution is 2.38. The smallest absolute Gasteiger partial charge is 0.293 e. The molecule has 3 rings (SSSR count). The van der Waals surface area contributed by atoms with Crippen molar-refractivity contribution in [2.45, 2.75) is 6.54 Å². The van der Waals surface area contributed by atoms with Crippen molar-refractivity contribution in [2.75, 3.05) is 7.11 Å². The Morgan fingerprint density at radius 2 is 1.96 bits per heavy atom. The lowest BCUT2D eigenvalue weighted by molar-refractivity contribution is -0.385. The summed E-state index contributed by atoms with van der Waals surface area (Å²) in [6, 6.07) is 9.59. The molecule has 0 unspecified atom stereocenters. The third-order valence-electron chi connectivity index (χ3n) is 3.92. The zero-order valence-corrected chi connectivity index (χ0v) is 18.3. The summed E-state index contributed by atoms with van der Waals surface area (Å²) in [6.07, 6.45) is 1.57. The Morgan fingerprint density at radius 3 is 2.64 bits per heavy atom. The van der Waals surface area contributed by atoms with E-state index in [1.54, 1.807) is 24.3 Å². The average molecular weight is 528 g/mol. The zero-order chi connectivity index (χ0) is 20.4. The maximum atomic E-state index is 12.8. The third kappa shape index (κ3) is 4.13. The lowest BCUT2D eigenvalue weighted by atomic mass is 10.1. The molecule has 0 aliphatic carbocycles. The van der Waals surface area contributed by atoms with E-state index in [1.807, 2.05) is 0 Å². The molecule has 2 aromatic carbocycles. The number of imide groups is 1. The van der Waals surface area contributed by atoms with Crippen molar-refractivity contribution in [3.63, 3.8) is 0 Å². The largest absolute Gasteiger partial charge is 0.495 e. The minimum absolute atomic E-state index is 0.136. The first kappa shape index (κ1) is 20.6.